The number of hydrogen-bond donors (Lipinski definition) is 1. The van der Waals surface area contributed by atoms with E-state index in [9.17, 15) is 0 Å². The number of benzene rings is 1. The highest BCUT2D eigenvalue weighted by atomic mass is 16.5. The summed E-state index contributed by atoms with van der Waals surface area (Å²) >= 11 is 0. The van der Waals surface area contributed by atoms with Crippen molar-refractivity contribution in [3.63, 3.8) is 0 Å². The minimum atomic E-state index is 0.473. The van der Waals surface area contributed by atoms with E-state index in [2.05, 4.69) is 24.4 Å². The van der Waals surface area contributed by atoms with Gasteiger partial charge in [-0.3, -0.25) is 0 Å². The first-order valence-corrected chi connectivity index (χ1v) is 5.17. The molecule has 1 N–H and O–H groups in total. The Bertz CT molecular complexity index is 311. The van der Waals surface area contributed by atoms with Gasteiger partial charge in [-0.25, -0.2) is 0 Å². The van der Waals surface area contributed by atoms with Crippen molar-refractivity contribution in [1.29, 1.82) is 0 Å². The van der Waals surface area contributed by atoms with Crippen LogP contribution in [0.15, 0.2) is 24.3 Å². The van der Waals surface area contributed by atoms with Gasteiger partial charge in [0.25, 0.3) is 0 Å². The minimum Gasteiger partial charge on any atom is -0.496 e. The maximum Gasteiger partial charge on any atom is 0.123 e. The zero-order chi connectivity index (χ0) is 9.97. The third-order valence-corrected chi connectivity index (χ3v) is 2.87. The summed E-state index contributed by atoms with van der Waals surface area (Å²) in [6.07, 6.45) is 1.21. The first-order valence-electron chi connectivity index (χ1n) is 5.17. The summed E-state index contributed by atoms with van der Waals surface area (Å²) in [4.78, 5) is 0. The molecule has 1 saturated heterocycles. The van der Waals surface area contributed by atoms with Gasteiger partial charge in [0, 0.05) is 11.6 Å². The predicted octanol–water partition coefficient (Wildman–Crippen LogP) is 2.37. The van der Waals surface area contributed by atoms with E-state index in [4.69, 9.17) is 4.74 Å². The van der Waals surface area contributed by atoms with E-state index in [0.29, 0.717) is 6.04 Å². The summed E-state index contributed by atoms with van der Waals surface area (Å²) in [5, 5.41) is 3.52. The van der Waals surface area contributed by atoms with Crippen molar-refractivity contribution in [2.45, 2.75) is 19.4 Å². The molecule has 0 unspecified atom stereocenters. The highest BCUT2D eigenvalue weighted by molar-refractivity contribution is 5.36. The first-order chi connectivity index (χ1) is 6.81. The van der Waals surface area contributed by atoms with E-state index in [1.165, 1.54) is 12.0 Å². The molecule has 0 saturated carbocycles. The van der Waals surface area contributed by atoms with Crippen molar-refractivity contribution >= 4 is 0 Å². The van der Waals surface area contributed by atoms with Gasteiger partial charge in [-0.1, -0.05) is 25.1 Å². The number of ether oxygens (including phenoxy) is 1. The van der Waals surface area contributed by atoms with E-state index < -0.39 is 0 Å². The van der Waals surface area contributed by atoms with Crippen LogP contribution in [0.5, 0.6) is 5.75 Å². The highest BCUT2D eigenvalue weighted by Crippen LogP contribution is 2.32. The molecule has 2 rings (SSSR count). The van der Waals surface area contributed by atoms with E-state index in [-0.39, 0.29) is 0 Å². The lowest BCUT2D eigenvalue weighted by molar-refractivity contribution is 0.403. The van der Waals surface area contributed by atoms with Crippen LogP contribution in [-0.2, 0) is 0 Å². The molecule has 1 heterocycles. The normalized spacial score (nSPS) is 26.4. The summed E-state index contributed by atoms with van der Waals surface area (Å²) in [6, 6.07) is 8.73. The fraction of sp³-hybridized carbons (Fsp3) is 0.500. The van der Waals surface area contributed by atoms with Crippen molar-refractivity contribution in [2.75, 3.05) is 13.7 Å². The lowest BCUT2D eigenvalue weighted by atomic mass is 10.0. The SMILES string of the molecule is COc1ccccc1[C@@H]1C[C@H](C)CN1. The molecule has 1 aliphatic heterocycles. The van der Waals surface area contributed by atoms with Crippen LogP contribution >= 0.6 is 0 Å². The zero-order valence-electron chi connectivity index (χ0n) is 8.79. The van der Waals surface area contributed by atoms with Crippen LogP contribution in [0.3, 0.4) is 0 Å². The standard InChI is InChI=1S/C12H17NO/c1-9-7-11(13-8-9)10-5-3-4-6-12(10)14-2/h3-6,9,11,13H,7-8H2,1-2H3/t9-,11-/m0/s1. The molecule has 1 aromatic carbocycles. The van der Waals surface area contributed by atoms with Crippen LogP contribution < -0.4 is 10.1 Å². The van der Waals surface area contributed by atoms with Crippen molar-refractivity contribution in [2.24, 2.45) is 5.92 Å². The monoisotopic (exact) mass is 191 g/mol. The number of methoxy groups -OCH3 is 1. The van der Waals surface area contributed by atoms with Crippen molar-refractivity contribution in [1.82, 2.24) is 5.32 Å². The maximum absolute atomic E-state index is 5.35. The molecule has 0 bridgehead atoms. The maximum atomic E-state index is 5.35. The van der Waals surface area contributed by atoms with Gasteiger partial charge in [-0.05, 0) is 24.9 Å². The van der Waals surface area contributed by atoms with E-state index in [1.54, 1.807) is 7.11 Å². The fourth-order valence-electron chi connectivity index (χ4n) is 2.10. The van der Waals surface area contributed by atoms with E-state index in [0.717, 1.165) is 18.2 Å². The molecular formula is C12H17NO. The van der Waals surface area contributed by atoms with Gasteiger partial charge in [0.2, 0.25) is 0 Å². The summed E-state index contributed by atoms with van der Waals surface area (Å²) < 4.78 is 5.35. The van der Waals surface area contributed by atoms with Crippen LogP contribution in [0.4, 0.5) is 0 Å². The molecule has 0 radical (unpaired) electrons. The van der Waals surface area contributed by atoms with Crippen LogP contribution in [0.1, 0.15) is 24.9 Å². The third-order valence-electron chi connectivity index (χ3n) is 2.87. The summed E-state index contributed by atoms with van der Waals surface area (Å²) in [7, 11) is 1.73. The highest BCUT2D eigenvalue weighted by Gasteiger charge is 2.23. The van der Waals surface area contributed by atoms with Gasteiger partial charge < -0.3 is 10.1 Å². The van der Waals surface area contributed by atoms with Gasteiger partial charge in [-0.2, -0.15) is 0 Å². The smallest absolute Gasteiger partial charge is 0.123 e. The summed E-state index contributed by atoms with van der Waals surface area (Å²) in [6.45, 7) is 3.39. The van der Waals surface area contributed by atoms with Gasteiger partial charge in [0.05, 0.1) is 7.11 Å². The number of rotatable bonds is 2. The second kappa shape index (κ2) is 4.01. The molecule has 2 atom stereocenters. The Balaban J connectivity index is 2.22. The second-order valence-corrected chi connectivity index (χ2v) is 4.04. The number of para-hydroxylation sites is 1. The Kier molecular flexibility index (Phi) is 2.73. The summed E-state index contributed by atoms with van der Waals surface area (Å²) in [5.74, 6) is 1.77. The quantitative estimate of drug-likeness (QED) is 0.775. The molecule has 0 aromatic heterocycles. The Morgan fingerprint density at radius 1 is 1.36 bits per heavy atom. The summed E-state index contributed by atoms with van der Waals surface area (Å²) in [5.41, 5.74) is 1.29. The minimum absolute atomic E-state index is 0.473. The van der Waals surface area contributed by atoms with Crippen LogP contribution in [-0.4, -0.2) is 13.7 Å². The van der Waals surface area contributed by atoms with Crippen molar-refractivity contribution in [3.05, 3.63) is 29.8 Å². The lowest BCUT2D eigenvalue weighted by Crippen LogP contribution is -2.14. The van der Waals surface area contributed by atoms with Gasteiger partial charge in [0.15, 0.2) is 0 Å². The molecule has 2 heteroatoms. The van der Waals surface area contributed by atoms with E-state index in [1.807, 2.05) is 12.1 Å². The average Bonchev–Trinajstić information content (AvgIpc) is 2.65. The molecule has 0 spiro atoms. The molecular weight excluding hydrogens is 174 g/mol. The first kappa shape index (κ1) is 9.53. The lowest BCUT2D eigenvalue weighted by Gasteiger charge is -2.14. The van der Waals surface area contributed by atoms with Crippen LogP contribution in [0, 0.1) is 5.92 Å². The average molecular weight is 191 g/mol. The Labute approximate surface area is 85.3 Å². The number of hydrogen-bond acceptors (Lipinski definition) is 2. The fourth-order valence-corrected chi connectivity index (χ4v) is 2.10. The van der Waals surface area contributed by atoms with Gasteiger partial charge in [-0.15, -0.1) is 0 Å². The Morgan fingerprint density at radius 2 is 2.14 bits per heavy atom. The van der Waals surface area contributed by atoms with Gasteiger partial charge >= 0.3 is 0 Å². The molecule has 14 heavy (non-hydrogen) atoms. The zero-order valence-corrected chi connectivity index (χ0v) is 8.79. The molecule has 2 nitrogen and oxygen atoms in total. The van der Waals surface area contributed by atoms with Crippen LogP contribution in [0.25, 0.3) is 0 Å². The van der Waals surface area contributed by atoms with Gasteiger partial charge in [0.1, 0.15) is 5.75 Å². The second-order valence-electron chi connectivity index (χ2n) is 4.04. The van der Waals surface area contributed by atoms with Crippen molar-refractivity contribution < 1.29 is 4.74 Å². The Hall–Kier alpha value is -1.02. The molecule has 1 aliphatic rings. The largest absolute Gasteiger partial charge is 0.496 e. The molecule has 1 aromatic rings. The molecule has 1 fully saturated rings. The molecule has 0 aliphatic carbocycles. The Morgan fingerprint density at radius 3 is 2.79 bits per heavy atom. The van der Waals surface area contributed by atoms with E-state index >= 15 is 0 Å². The molecule has 0 amide bonds. The van der Waals surface area contributed by atoms with Crippen molar-refractivity contribution in [3.8, 4) is 5.75 Å². The number of nitrogens with one attached hydrogen (secondary N) is 1. The van der Waals surface area contributed by atoms with Crippen LogP contribution in [0.2, 0.25) is 0 Å². The molecule has 76 valence electrons. The topological polar surface area (TPSA) is 21.3 Å². The predicted molar refractivity (Wildman–Crippen MR) is 57.5 cm³/mol. The third kappa shape index (κ3) is 1.75.